The van der Waals surface area contributed by atoms with Crippen molar-refractivity contribution in [2.24, 2.45) is 5.92 Å². The summed E-state index contributed by atoms with van der Waals surface area (Å²) in [6.07, 6.45) is 7.41. The molecule has 6 nitrogen and oxygen atoms in total. The van der Waals surface area contributed by atoms with Crippen LogP contribution in [0.1, 0.15) is 59.3 Å². The second kappa shape index (κ2) is 14.0. The molecule has 1 unspecified atom stereocenters. The highest BCUT2D eigenvalue weighted by atomic mass is 31.2. The number of benzene rings is 2. The Bertz CT molecular complexity index is 1080. The van der Waals surface area contributed by atoms with Crippen LogP contribution >= 0.6 is 7.60 Å². The van der Waals surface area contributed by atoms with E-state index >= 15 is 0 Å². The molecule has 0 aliphatic heterocycles. The van der Waals surface area contributed by atoms with Crippen molar-refractivity contribution in [1.29, 1.82) is 0 Å². The summed E-state index contributed by atoms with van der Waals surface area (Å²) in [4.78, 5) is 12.3. The molecule has 0 saturated heterocycles. The standard InChI is InChI=1S/C31H45O6PSi/c1-31(2,3)39(27-17-9-7-10-18-27,28-19-11-8-12-20-28)37-24-14-16-25(26-22-23-26)15-13-21-29(30(32)34-4)38(33,35-5)36-6/h7-12,15,17-20,26,29H,13-14,16,21-24H2,1-6H3/b25-15+. The average molecular weight is 573 g/mol. The molecule has 3 rings (SSSR count). The van der Waals surface area contributed by atoms with E-state index in [4.69, 9.17) is 18.2 Å². The maximum Gasteiger partial charge on any atom is 0.344 e. The van der Waals surface area contributed by atoms with Gasteiger partial charge in [0.25, 0.3) is 8.32 Å². The van der Waals surface area contributed by atoms with Gasteiger partial charge in [0.1, 0.15) is 0 Å². The van der Waals surface area contributed by atoms with Crippen LogP contribution in [0.25, 0.3) is 0 Å². The van der Waals surface area contributed by atoms with E-state index in [2.05, 4.69) is 87.5 Å². The molecule has 8 heteroatoms. The van der Waals surface area contributed by atoms with Gasteiger partial charge in [-0.05, 0) is 59.9 Å². The molecule has 0 spiro atoms. The Balaban J connectivity index is 1.73. The largest absolute Gasteiger partial charge is 0.468 e. The van der Waals surface area contributed by atoms with Crippen LogP contribution in [0, 0.1) is 5.92 Å². The summed E-state index contributed by atoms with van der Waals surface area (Å²) in [5.74, 6) is 0.0215. The highest BCUT2D eigenvalue weighted by Crippen LogP contribution is 2.53. The van der Waals surface area contributed by atoms with Crippen molar-refractivity contribution in [1.82, 2.24) is 0 Å². The van der Waals surface area contributed by atoms with Gasteiger partial charge in [0, 0.05) is 20.8 Å². The quantitative estimate of drug-likeness (QED) is 0.0799. The lowest BCUT2D eigenvalue weighted by molar-refractivity contribution is -0.140. The third kappa shape index (κ3) is 7.59. The van der Waals surface area contributed by atoms with Crippen LogP contribution in [0.15, 0.2) is 72.3 Å². The molecule has 0 amide bonds. The maximum atomic E-state index is 12.9. The number of allylic oxidation sites excluding steroid dienone is 2. The molecular weight excluding hydrogens is 527 g/mol. The molecule has 0 aromatic heterocycles. The summed E-state index contributed by atoms with van der Waals surface area (Å²) in [5.41, 5.74) is 0.460. The highest BCUT2D eigenvalue weighted by Gasteiger charge is 2.50. The Morgan fingerprint density at radius 2 is 1.51 bits per heavy atom. The molecule has 39 heavy (non-hydrogen) atoms. The van der Waals surface area contributed by atoms with Gasteiger partial charge in [0.15, 0.2) is 5.66 Å². The van der Waals surface area contributed by atoms with E-state index in [-0.39, 0.29) is 5.04 Å². The molecule has 214 valence electrons. The van der Waals surface area contributed by atoms with Crippen LogP contribution in [-0.2, 0) is 27.6 Å². The number of methoxy groups -OCH3 is 1. The first-order chi connectivity index (χ1) is 18.6. The van der Waals surface area contributed by atoms with Crippen molar-refractivity contribution >= 4 is 32.3 Å². The van der Waals surface area contributed by atoms with Gasteiger partial charge in [-0.1, -0.05) is 93.1 Å². The van der Waals surface area contributed by atoms with Gasteiger partial charge in [0.2, 0.25) is 0 Å². The maximum absolute atomic E-state index is 12.9. The van der Waals surface area contributed by atoms with Gasteiger partial charge < -0.3 is 18.2 Å². The number of rotatable bonds is 15. The minimum Gasteiger partial charge on any atom is -0.468 e. The van der Waals surface area contributed by atoms with Crippen LogP contribution in [0.5, 0.6) is 0 Å². The summed E-state index contributed by atoms with van der Waals surface area (Å²) >= 11 is 0. The lowest BCUT2D eigenvalue weighted by Gasteiger charge is -2.43. The smallest absolute Gasteiger partial charge is 0.344 e. The first kappa shape index (κ1) is 31.5. The molecule has 1 aliphatic rings. The van der Waals surface area contributed by atoms with Crippen molar-refractivity contribution < 1.29 is 27.6 Å². The summed E-state index contributed by atoms with van der Waals surface area (Å²) in [5, 5.41) is 2.53. The summed E-state index contributed by atoms with van der Waals surface area (Å²) in [7, 11) is -2.22. The summed E-state index contributed by atoms with van der Waals surface area (Å²) in [6.45, 7) is 7.56. The number of carbonyl (C=O) groups excluding carboxylic acids is 1. The third-order valence-electron chi connectivity index (χ3n) is 7.66. The van der Waals surface area contributed by atoms with E-state index in [1.54, 1.807) is 0 Å². The van der Waals surface area contributed by atoms with E-state index in [0.29, 0.717) is 25.4 Å². The lowest BCUT2D eigenvalue weighted by Crippen LogP contribution is -2.66. The highest BCUT2D eigenvalue weighted by molar-refractivity contribution is 7.55. The third-order valence-corrected chi connectivity index (χ3v) is 15.0. The second-order valence-corrected chi connectivity index (χ2v) is 17.9. The molecule has 0 heterocycles. The number of esters is 1. The van der Waals surface area contributed by atoms with Gasteiger partial charge in [-0.15, -0.1) is 0 Å². The normalized spacial score (nSPS) is 15.7. The van der Waals surface area contributed by atoms with Crippen LogP contribution in [0.3, 0.4) is 0 Å². The lowest BCUT2D eigenvalue weighted by atomic mass is 10.0. The van der Waals surface area contributed by atoms with Crippen molar-refractivity contribution in [3.8, 4) is 0 Å². The summed E-state index contributed by atoms with van der Waals surface area (Å²) in [6, 6.07) is 21.4. The molecule has 2 aromatic carbocycles. The zero-order valence-electron chi connectivity index (χ0n) is 24.4. The zero-order chi connectivity index (χ0) is 28.5. The van der Waals surface area contributed by atoms with Crippen LogP contribution in [0.4, 0.5) is 0 Å². The fraction of sp³-hybridized carbons (Fsp3) is 0.516. The van der Waals surface area contributed by atoms with E-state index in [1.807, 2.05) is 0 Å². The number of hydrogen-bond donors (Lipinski definition) is 0. The van der Waals surface area contributed by atoms with Crippen molar-refractivity contribution in [3.63, 3.8) is 0 Å². The molecular formula is C31H45O6PSi. The Morgan fingerprint density at radius 1 is 0.974 bits per heavy atom. The van der Waals surface area contributed by atoms with E-state index in [0.717, 1.165) is 12.8 Å². The minimum absolute atomic E-state index is 0.0512. The zero-order valence-corrected chi connectivity index (χ0v) is 26.2. The predicted molar refractivity (Wildman–Crippen MR) is 160 cm³/mol. The number of ether oxygens (including phenoxy) is 1. The minimum atomic E-state index is -3.57. The second-order valence-electron chi connectivity index (χ2n) is 11.2. The van der Waals surface area contributed by atoms with Crippen LogP contribution in [-0.4, -0.2) is 47.9 Å². The van der Waals surface area contributed by atoms with Gasteiger partial charge in [0.05, 0.1) is 7.11 Å². The van der Waals surface area contributed by atoms with Crippen molar-refractivity contribution in [2.45, 2.75) is 70.0 Å². The first-order valence-corrected chi connectivity index (χ1v) is 17.4. The molecule has 0 N–H and O–H groups in total. The van der Waals surface area contributed by atoms with E-state index < -0.39 is 27.5 Å². The van der Waals surface area contributed by atoms with Gasteiger partial charge in [-0.25, -0.2) is 0 Å². The summed E-state index contributed by atoms with van der Waals surface area (Å²) < 4.78 is 35.1. The fourth-order valence-corrected chi connectivity index (χ4v) is 11.6. The Hall–Kier alpha value is -2.02. The van der Waals surface area contributed by atoms with E-state index in [9.17, 15) is 9.36 Å². The Morgan fingerprint density at radius 3 is 1.95 bits per heavy atom. The van der Waals surface area contributed by atoms with Crippen molar-refractivity contribution in [3.05, 3.63) is 72.3 Å². The Kier molecular flexibility index (Phi) is 11.3. The first-order valence-electron chi connectivity index (χ1n) is 13.9. The average Bonchev–Trinajstić information content (AvgIpc) is 3.79. The van der Waals surface area contributed by atoms with Crippen molar-refractivity contribution in [2.75, 3.05) is 27.9 Å². The molecule has 1 saturated carbocycles. The van der Waals surface area contributed by atoms with Gasteiger partial charge in [-0.3, -0.25) is 9.36 Å². The fourth-order valence-electron chi connectivity index (χ4n) is 5.49. The molecule has 1 aliphatic carbocycles. The van der Waals surface area contributed by atoms with Crippen LogP contribution < -0.4 is 10.4 Å². The van der Waals surface area contributed by atoms with E-state index in [1.165, 1.54) is 50.1 Å². The van der Waals surface area contributed by atoms with Gasteiger partial charge in [-0.2, -0.15) is 0 Å². The SMILES string of the molecule is COC(=O)C(CC/C=C(\CCCO[Si](c1ccccc1)(c1ccccc1)C(C)(C)C)C1CC1)P(=O)(OC)OC. The molecule has 1 fully saturated rings. The molecule has 0 bridgehead atoms. The Labute approximate surface area is 235 Å². The molecule has 0 radical (unpaired) electrons. The molecule has 1 atom stereocenters. The topological polar surface area (TPSA) is 71.1 Å². The predicted octanol–water partition coefficient (Wildman–Crippen LogP) is 6.49. The number of hydrogen-bond acceptors (Lipinski definition) is 6. The number of carbonyl (C=O) groups is 1. The monoisotopic (exact) mass is 572 g/mol. The van der Waals surface area contributed by atoms with Crippen LogP contribution in [0.2, 0.25) is 5.04 Å². The molecule has 2 aromatic rings. The van der Waals surface area contributed by atoms with Gasteiger partial charge >= 0.3 is 13.6 Å².